The minimum Gasteiger partial charge on any atom is -0.342 e. The first kappa shape index (κ1) is 22.2. The Labute approximate surface area is 209 Å². The second-order valence-corrected chi connectivity index (χ2v) is 10.5. The first-order valence-electron chi connectivity index (χ1n) is 12.3. The quantitative estimate of drug-likeness (QED) is 0.408. The number of hydrogen-bond acceptors (Lipinski definition) is 5. The molecule has 1 amide bonds. The molecule has 1 fully saturated rings. The molecular weight excluding hydrogens is 454 g/mol. The number of aromatic nitrogens is 2. The van der Waals surface area contributed by atoms with Gasteiger partial charge in [-0.05, 0) is 62.0 Å². The van der Waals surface area contributed by atoms with Crippen molar-refractivity contribution in [2.75, 3.05) is 19.6 Å². The third-order valence-corrected chi connectivity index (χ3v) is 8.09. The molecule has 0 bridgehead atoms. The highest BCUT2D eigenvalue weighted by atomic mass is 32.1. The fraction of sp³-hybridized carbons (Fsp3) is 0.321. The van der Waals surface area contributed by atoms with Crippen LogP contribution in [0.1, 0.15) is 53.1 Å². The molecule has 0 aliphatic carbocycles. The van der Waals surface area contributed by atoms with Crippen LogP contribution >= 0.6 is 11.3 Å². The zero-order valence-electron chi connectivity index (χ0n) is 19.9. The van der Waals surface area contributed by atoms with Gasteiger partial charge in [-0.1, -0.05) is 48.0 Å². The number of hydrazone groups is 1. The lowest BCUT2D eigenvalue weighted by atomic mass is 9.96. The third kappa shape index (κ3) is 4.54. The van der Waals surface area contributed by atoms with E-state index in [1.54, 1.807) is 16.3 Å². The number of aromatic amines is 1. The Bertz CT molecular complexity index is 1320. The molecule has 2 aromatic carbocycles. The van der Waals surface area contributed by atoms with Crippen LogP contribution in [0.15, 0.2) is 71.1 Å². The van der Waals surface area contributed by atoms with Crippen molar-refractivity contribution in [3.63, 3.8) is 0 Å². The average Bonchev–Trinajstić information content (AvgIpc) is 3.64. The van der Waals surface area contributed by atoms with Crippen molar-refractivity contribution < 1.29 is 4.79 Å². The van der Waals surface area contributed by atoms with Gasteiger partial charge in [0.05, 0.1) is 34.2 Å². The Morgan fingerprint density at radius 3 is 2.60 bits per heavy atom. The Morgan fingerprint density at radius 1 is 1.06 bits per heavy atom. The van der Waals surface area contributed by atoms with Gasteiger partial charge in [0.2, 0.25) is 0 Å². The predicted octanol–water partition coefficient (Wildman–Crippen LogP) is 5.49. The monoisotopic (exact) mass is 483 g/mol. The lowest BCUT2D eigenvalue weighted by Gasteiger charge is -2.32. The molecule has 2 aromatic heterocycles. The number of rotatable bonds is 5. The van der Waals surface area contributed by atoms with E-state index in [1.807, 2.05) is 18.2 Å². The molecule has 1 saturated heterocycles. The van der Waals surface area contributed by atoms with Crippen LogP contribution in [0, 0.1) is 6.92 Å². The summed E-state index contributed by atoms with van der Waals surface area (Å²) in [5, 5.41) is 8.64. The van der Waals surface area contributed by atoms with Crippen LogP contribution in [-0.2, 0) is 4.79 Å². The molecule has 178 valence electrons. The van der Waals surface area contributed by atoms with Gasteiger partial charge in [-0.25, -0.2) is 9.99 Å². The van der Waals surface area contributed by atoms with Gasteiger partial charge < -0.3 is 4.98 Å². The molecule has 1 atom stereocenters. The van der Waals surface area contributed by atoms with Gasteiger partial charge >= 0.3 is 0 Å². The summed E-state index contributed by atoms with van der Waals surface area (Å²) in [5.74, 6) is 1.55. The van der Waals surface area contributed by atoms with Gasteiger partial charge in [0.25, 0.3) is 5.91 Å². The fourth-order valence-corrected chi connectivity index (χ4v) is 5.90. The van der Waals surface area contributed by atoms with Crippen molar-refractivity contribution >= 4 is 34.0 Å². The summed E-state index contributed by atoms with van der Waals surface area (Å²) in [6.07, 6.45) is 2.75. The zero-order valence-corrected chi connectivity index (χ0v) is 20.7. The maximum atomic E-state index is 13.5. The Morgan fingerprint density at radius 2 is 1.86 bits per heavy atom. The number of likely N-dealkylation sites (tertiary alicyclic amines) is 1. The number of hydrogen-bond donors (Lipinski definition) is 1. The average molecular weight is 484 g/mol. The van der Waals surface area contributed by atoms with Gasteiger partial charge in [-0.3, -0.25) is 9.69 Å². The standard InChI is InChI=1S/C28H29N5OS/c1-19-8-10-20(11-9-19)25-17-24(26-7-4-16-35-26)31-33(25)27(34)18-32-14-12-21(13-15-32)28-29-22-5-2-3-6-23(22)30-28/h2-11,16,21,25H,12-15,17-18H2,1H3,(H,29,30). The molecule has 35 heavy (non-hydrogen) atoms. The Hall–Kier alpha value is -3.29. The first-order valence-corrected chi connectivity index (χ1v) is 13.2. The van der Waals surface area contributed by atoms with Crippen LogP contribution < -0.4 is 0 Å². The van der Waals surface area contributed by atoms with E-state index in [0.717, 1.165) is 65.4 Å². The van der Waals surface area contributed by atoms with Crippen molar-refractivity contribution in [3.8, 4) is 0 Å². The second-order valence-electron chi connectivity index (χ2n) is 9.58. The predicted molar refractivity (Wildman–Crippen MR) is 141 cm³/mol. The van der Waals surface area contributed by atoms with Gasteiger partial charge in [0.15, 0.2) is 0 Å². The van der Waals surface area contributed by atoms with E-state index in [-0.39, 0.29) is 11.9 Å². The van der Waals surface area contributed by atoms with Crippen molar-refractivity contribution in [3.05, 3.63) is 87.9 Å². The van der Waals surface area contributed by atoms with E-state index in [2.05, 4.69) is 64.7 Å². The lowest BCUT2D eigenvalue weighted by Crippen LogP contribution is -2.41. The van der Waals surface area contributed by atoms with Crippen LogP contribution in [-0.4, -0.2) is 51.1 Å². The maximum absolute atomic E-state index is 13.5. The molecule has 0 saturated carbocycles. The number of carbonyl (C=O) groups excluding carboxylic acids is 1. The molecule has 0 radical (unpaired) electrons. The summed E-state index contributed by atoms with van der Waals surface area (Å²) in [5.41, 5.74) is 5.48. The molecule has 7 heteroatoms. The van der Waals surface area contributed by atoms with Crippen LogP contribution in [0.4, 0.5) is 0 Å². The second kappa shape index (κ2) is 9.40. The Balaban J connectivity index is 1.14. The van der Waals surface area contributed by atoms with E-state index in [4.69, 9.17) is 10.1 Å². The third-order valence-electron chi connectivity index (χ3n) is 7.17. The highest BCUT2D eigenvalue weighted by Gasteiger charge is 2.34. The van der Waals surface area contributed by atoms with Crippen LogP contribution in [0.25, 0.3) is 11.0 Å². The summed E-state index contributed by atoms with van der Waals surface area (Å²) < 4.78 is 0. The highest BCUT2D eigenvalue weighted by molar-refractivity contribution is 7.12. The van der Waals surface area contributed by atoms with E-state index >= 15 is 0 Å². The summed E-state index contributed by atoms with van der Waals surface area (Å²) >= 11 is 1.68. The van der Waals surface area contributed by atoms with Gasteiger partial charge in [0, 0.05) is 12.3 Å². The van der Waals surface area contributed by atoms with Crippen molar-refractivity contribution in [1.29, 1.82) is 0 Å². The molecule has 0 spiro atoms. The van der Waals surface area contributed by atoms with Crippen LogP contribution in [0.2, 0.25) is 0 Å². The number of thiophene rings is 1. The molecular formula is C28H29N5OS. The number of para-hydroxylation sites is 2. The molecule has 2 aliphatic rings. The van der Waals surface area contributed by atoms with Gasteiger partial charge in [-0.2, -0.15) is 5.10 Å². The molecule has 1 unspecified atom stereocenters. The zero-order chi connectivity index (χ0) is 23.8. The number of amides is 1. The minimum atomic E-state index is -0.0479. The SMILES string of the molecule is Cc1ccc(C2CC(c3cccs3)=NN2C(=O)CN2CCC(c3nc4ccccc4[nH]3)CC2)cc1. The molecule has 4 aromatic rings. The number of piperidine rings is 1. The smallest absolute Gasteiger partial charge is 0.257 e. The maximum Gasteiger partial charge on any atom is 0.257 e. The topological polar surface area (TPSA) is 64.6 Å². The van der Waals surface area contributed by atoms with E-state index in [1.165, 1.54) is 5.56 Å². The number of nitrogens with one attached hydrogen (secondary N) is 1. The van der Waals surface area contributed by atoms with Crippen LogP contribution in [0.3, 0.4) is 0 Å². The number of aryl methyl sites for hydroxylation is 1. The highest BCUT2D eigenvalue weighted by Crippen LogP contribution is 2.34. The molecule has 4 heterocycles. The summed E-state index contributed by atoms with van der Waals surface area (Å²) in [6, 6.07) is 20.8. The van der Waals surface area contributed by atoms with Crippen molar-refractivity contribution in [2.45, 2.75) is 38.1 Å². The first-order chi connectivity index (χ1) is 17.1. The minimum absolute atomic E-state index is 0.0479. The number of benzene rings is 2. The molecule has 2 aliphatic heterocycles. The van der Waals surface area contributed by atoms with Crippen molar-refractivity contribution in [1.82, 2.24) is 19.9 Å². The number of carbonyl (C=O) groups is 1. The van der Waals surface area contributed by atoms with Crippen molar-refractivity contribution in [2.24, 2.45) is 5.10 Å². The normalized spacial score (nSPS) is 19.4. The summed E-state index contributed by atoms with van der Waals surface area (Å²) in [6.45, 7) is 4.26. The molecule has 6 nitrogen and oxygen atoms in total. The van der Waals surface area contributed by atoms with Gasteiger partial charge in [0.1, 0.15) is 5.82 Å². The molecule has 6 rings (SSSR count). The van der Waals surface area contributed by atoms with E-state index in [9.17, 15) is 4.79 Å². The number of fused-ring (bicyclic) bond motifs is 1. The van der Waals surface area contributed by atoms with Gasteiger partial charge in [-0.15, -0.1) is 11.3 Å². The lowest BCUT2D eigenvalue weighted by molar-refractivity contribution is -0.134. The molecule has 1 N–H and O–H groups in total. The van der Waals surface area contributed by atoms with E-state index in [0.29, 0.717) is 12.5 Å². The largest absolute Gasteiger partial charge is 0.342 e. The van der Waals surface area contributed by atoms with E-state index < -0.39 is 0 Å². The Kier molecular flexibility index (Phi) is 5.96. The number of imidazole rings is 1. The summed E-state index contributed by atoms with van der Waals surface area (Å²) in [7, 11) is 0. The van der Waals surface area contributed by atoms with Crippen LogP contribution in [0.5, 0.6) is 0 Å². The number of nitrogens with zero attached hydrogens (tertiary/aromatic N) is 4. The number of H-pyrrole nitrogens is 1. The summed E-state index contributed by atoms with van der Waals surface area (Å²) in [4.78, 5) is 25.2. The fourth-order valence-electron chi connectivity index (χ4n) is 5.17.